The van der Waals surface area contributed by atoms with Crippen molar-refractivity contribution < 1.29 is 9.59 Å². The standard InChI is InChI=1S/C23H32N2O2/c26-22(17-18-8-9-19-6-2-3-7-21(19)16-18)24-14-10-20(11-15-24)23(27)25-12-4-1-5-13-25/h8-9,16,20H,1-7,10-15,17H2. The van der Waals surface area contributed by atoms with E-state index in [1.165, 1.54) is 36.8 Å². The summed E-state index contributed by atoms with van der Waals surface area (Å²) in [5.74, 6) is 0.669. The number of rotatable bonds is 3. The minimum Gasteiger partial charge on any atom is -0.342 e. The third-order valence-corrected chi connectivity index (χ3v) is 6.63. The van der Waals surface area contributed by atoms with Gasteiger partial charge in [0.1, 0.15) is 0 Å². The third kappa shape index (κ3) is 4.36. The molecule has 1 aromatic carbocycles. The highest BCUT2D eigenvalue weighted by atomic mass is 16.2. The van der Waals surface area contributed by atoms with Crippen molar-refractivity contribution in [2.45, 2.75) is 64.2 Å². The van der Waals surface area contributed by atoms with Crippen molar-refractivity contribution in [1.82, 2.24) is 9.80 Å². The Kier molecular flexibility index (Phi) is 5.80. The molecule has 0 saturated carbocycles. The summed E-state index contributed by atoms with van der Waals surface area (Å²) < 4.78 is 0. The highest BCUT2D eigenvalue weighted by Gasteiger charge is 2.30. The van der Waals surface area contributed by atoms with Crippen LogP contribution in [-0.2, 0) is 28.9 Å². The van der Waals surface area contributed by atoms with Gasteiger partial charge >= 0.3 is 0 Å². The zero-order valence-electron chi connectivity index (χ0n) is 16.4. The molecule has 1 aromatic rings. The quantitative estimate of drug-likeness (QED) is 0.821. The highest BCUT2D eigenvalue weighted by Crippen LogP contribution is 2.24. The van der Waals surface area contributed by atoms with Crippen LogP contribution in [-0.4, -0.2) is 47.8 Å². The fourth-order valence-electron chi connectivity index (χ4n) is 4.93. The van der Waals surface area contributed by atoms with Gasteiger partial charge in [-0.1, -0.05) is 18.2 Å². The maximum atomic E-state index is 12.7. The van der Waals surface area contributed by atoms with E-state index in [1.54, 1.807) is 0 Å². The number of hydrogen-bond donors (Lipinski definition) is 0. The van der Waals surface area contributed by atoms with Crippen molar-refractivity contribution in [1.29, 1.82) is 0 Å². The van der Waals surface area contributed by atoms with Crippen LogP contribution in [0, 0.1) is 5.92 Å². The molecular weight excluding hydrogens is 336 g/mol. The lowest BCUT2D eigenvalue weighted by Crippen LogP contribution is -2.46. The first-order valence-electron chi connectivity index (χ1n) is 10.9. The molecule has 4 rings (SSSR count). The van der Waals surface area contributed by atoms with Gasteiger partial charge in [0.05, 0.1) is 6.42 Å². The van der Waals surface area contributed by atoms with Crippen LogP contribution in [0.3, 0.4) is 0 Å². The Morgan fingerprint density at radius 1 is 0.815 bits per heavy atom. The lowest BCUT2D eigenvalue weighted by molar-refractivity contribution is -0.141. The highest BCUT2D eigenvalue weighted by molar-refractivity contribution is 5.81. The molecule has 0 aromatic heterocycles. The molecule has 2 heterocycles. The normalized spacial score (nSPS) is 21.0. The molecule has 4 heteroatoms. The molecule has 2 aliphatic heterocycles. The first kappa shape index (κ1) is 18.5. The lowest BCUT2D eigenvalue weighted by Gasteiger charge is -2.35. The minimum absolute atomic E-state index is 0.121. The van der Waals surface area contributed by atoms with Crippen LogP contribution in [0.25, 0.3) is 0 Å². The summed E-state index contributed by atoms with van der Waals surface area (Å²) in [7, 11) is 0. The molecule has 1 aliphatic carbocycles. The Morgan fingerprint density at radius 2 is 1.52 bits per heavy atom. The van der Waals surface area contributed by atoms with Gasteiger partial charge in [-0.2, -0.15) is 0 Å². The second kappa shape index (κ2) is 8.45. The number of carbonyl (C=O) groups is 2. The molecule has 0 atom stereocenters. The molecule has 3 aliphatic rings. The fourth-order valence-corrected chi connectivity index (χ4v) is 4.93. The Bertz CT molecular complexity index is 686. The molecule has 2 amide bonds. The van der Waals surface area contributed by atoms with Crippen LogP contribution in [0.15, 0.2) is 18.2 Å². The van der Waals surface area contributed by atoms with Crippen molar-refractivity contribution in [3.63, 3.8) is 0 Å². The van der Waals surface area contributed by atoms with Crippen molar-refractivity contribution in [2.75, 3.05) is 26.2 Å². The van der Waals surface area contributed by atoms with Crippen LogP contribution in [0.2, 0.25) is 0 Å². The lowest BCUT2D eigenvalue weighted by atomic mass is 9.89. The summed E-state index contributed by atoms with van der Waals surface area (Å²) >= 11 is 0. The van der Waals surface area contributed by atoms with E-state index in [0.717, 1.165) is 63.8 Å². The summed E-state index contributed by atoms with van der Waals surface area (Å²) in [6, 6.07) is 6.61. The Balaban J connectivity index is 1.29. The van der Waals surface area contributed by atoms with Crippen LogP contribution >= 0.6 is 0 Å². The largest absolute Gasteiger partial charge is 0.342 e. The van der Waals surface area contributed by atoms with Gasteiger partial charge in [0.15, 0.2) is 0 Å². The van der Waals surface area contributed by atoms with Crippen molar-refractivity contribution in [3.05, 3.63) is 34.9 Å². The Hall–Kier alpha value is -1.84. The SMILES string of the molecule is O=C(Cc1ccc2c(c1)CCCC2)N1CCC(C(=O)N2CCCCC2)CC1. The maximum Gasteiger partial charge on any atom is 0.226 e. The van der Waals surface area contributed by atoms with Gasteiger partial charge in [-0.15, -0.1) is 0 Å². The Morgan fingerprint density at radius 3 is 2.26 bits per heavy atom. The molecule has 2 fully saturated rings. The van der Waals surface area contributed by atoms with Gasteiger partial charge in [-0.25, -0.2) is 0 Å². The van der Waals surface area contributed by atoms with Crippen molar-refractivity contribution >= 4 is 11.8 Å². The van der Waals surface area contributed by atoms with E-state index < -0.39 is 0 Å². The Labute approximate surface area is 162 Å². The number of aryl methyl sites for hydroxylation is 2. The molecule has 0 spiro atoms. The smallest absolute Gasteiger partial charge is 0.226 e. The molecule has 2 saturated heterocycles. The average Bonchev–Trinajstić information content (AvgIpc) is 2.74. The van der Waals surface area contributed by atoms with Gasteiger partial charge < -0.3 is 9.80 Å². The molecule has 146 valence electrons. The van der Waals surface area contributed by atoms with E-state index in [1.807, 2.05) is 4.90 Å². The number of carbonyl (C=O) groups excluding carboxylic acids is 2. The van der Waals surface area contributed by atoms with Crippen LogP contribution in [0.5, 0.6) is 0 Å². The van der Waals surface area contributed by atoms with Gasteiger partial charge in [0.2, 0.25) is 11.8 Å². The minimum atomic E-state index is 0.121. The first-order chi connectivity index (χ1) is 13.2. The summed E-state index contributed by atoms with van der Waals surface area (Å²) in [5, 5.41) is 0. The molecular formula is C23H32N2O2. The summed E-state index contributed by atoms with van der Waals surface area (Å²) in [6.07, 6.45) is 10.6. The van der Waals surface area contributed by atoms with Crippen molar-refractivity contribution in [3.8, 4) is 0 Å². The van der Waals surface area contributed by atoms with E-state index >= 15 is 0 Å². The second-order valence-corrected chi connectivity index (χ2v) is 8.53. The number of benzene rings is 1. The van der Waals surface area contributed by atoms with Crippen LogP contribution in [0.4, 0.5) is 0 Å². The molecule has 0 N–H and O–H groups in total. The molecule has 0 radical (unpaired) electrons. The molecule has 27 heavy (non-hydrogen) atoms. The molecule has 0 unspecified atom stereocenters. The van der Waals surface area contributed by atoms with Gasteiger partial charge in [-0.05, 0) is 74.5 Å². The van der Waals surface area contributed by atoms with Gasteiger partial charge in [-0.3, -0.25) is 9.59 Å². The number of nitrogens with zero attached hydrogens (tertiary/aromatic N) is 2. The number of amides is 2. The number of piperidine rings is 2. The van der Waals surface area contributed by atoms with Gasteiger partial charge in [0.25, 0.3) is 0 Å². The van der Waals surface area contributed by atoms with Gasteiger partial charge in [0, 0.05) is 32.1 Å². The first-order valence-corrected chi connectivity index (χ1v) is 10.9. The summed E-state index contributed by atoms with van der Waals surface area (Å²) in [6.45, 7) is 3.31. The topological polar surface area (TPSA) is 40.6 Å². The van der Waals surface area contributed by atoms with E-state index in [4.69, 9.17) is 0 Å². The summed E-state index contributed by atoms with van der Waals surface area (Å²) in [5.41, 5.74) is 4.05. The monoisotopic (exact) mass is 368 g/mol. The second-order valence-electron chi connectivity index (χ2n) is 8.53. The maximum absolute atomic E-state index is 12.7. The van der Waals surface area contributed by atoms with E-state index in [0.29, 0.717) is 12.3 Å². The molecule has 4 nitrogen and oxygen atoms in total. The summed E-state index contributed by atoms with van der Waals surface area (Å²) in [4.78, 5) is 29.4. The number of likely N-dealkylation sites (tertiary alicyclic amines) is 2. The third-order valence-electron chi connectivity index (χ3n) is 6.63. The predicted molar refractivity (Wildman–Crippen MR) is 107 cm³/mol. The number of fused-ring (bicyclic) bond motifs is 1. The zero-order chi connectivity index (χ0) is 18.6. The number of hydrogen-bond acceptors (Lipinski definition) is 2. The zero-order valence-corrected chi connectivity index (χ0v) is 16.4. The van der Waals surface area contributed by atoms with E-state index in [-0.39, 0.29) is 11.8 Å². The van der Waals surface area contributed by atoms with E-state index in [9.17, 15) is 9.59 Å². The fraction of sp³-hybridized carbons (Fsp3) is 0.652. The van der Waals surface area contributed by atoms with Crippen LogP contribution in [0.1, 0.15) is 61.6 Å². The van der Waals surface area contributed by atoms with Crippen molar-refractivity contribution in [2.24, 2.45) is 5.92 Å². The van der Waals surface area contributed by atoms with Crippen LogP contribution < -0.4 is 0 Å². The van der Waals surface area contributed by atoms with E-state index in [2.05, 4.69) is 23.1 Å². The average molecular weight is 369 g/mol. The molecule has 0 bridgehead atoms. The predicted octanol–water partition coefficient (Wildman–Crippen LogP) is 3.36.